The molecule has 0 unspecified atom stereocenters. The van der Waals surface area contributed by atoms with E-state index in [1.807, 2.05) is 40.8 Å². The normalized spacial score (nSPS) is 23.4. The molecule has 2 atom stereocenters. The highest BCUT2D eigenvalue weighted by Crippen LogP contribution is 2.38. The molecule has 6 nitrogen and oxygen atoms in total. The fourth-order valence-electron chi connectivity index (χ4n) is 3.48. The van der Waals surface area contributed by atoms with E-state index in [4.69, 9.17) is 11.6 Å². The van der Waals surface area contributed by atoms with Crippen LogP contribution in [0.25, 0.3) is 0 Å². The van der Waals surface area contributed by atoms with Crippen molar-refractivity contribution in [3.63, 3.8) is 0 Å². The van der Waals surface area contributed by atoms with Crippen LogP contribution in [0.1, 0.15) is 37.2 Å². The molecule has 2 aromatic rings. The molecule has 2 aliphatic heterocycles. The molecule has 1 saturated heterocycles. The summed E-state index contributed by atoms with van der Waals surface area (Å²) in [5, 5.41) is 9.49. The summed E-state index contributed by atoms with van der Waals surface area (Å²) in [6, 6.07) is 7.52. The van der Waals surface area contributed by atoms with E-state index < -0.39 is 0 Å². The first-order valence-corrected chi connectivity index (χ1v) is 10.2. The quantitative estimate of drug-likeness (QED) is 0.851. The first-order chi connectivity index (χ1) is 12.5. The van der Waals surface area contributed by atoms with Crippen LogP contribution >= 0.6 is 23.4 Å². The van der Waals surface area contributed by atoms with Crippen molar-refractivity contribution in [3.05, 3.63) is 40.7 Å². The standard InChI is InChI=1S/C18H22ClN5OS/c1-11-7-9-23(10-8-11)17(25)16-15(13-3-5-14(19)6-4-13)22-24-12(2)20-21-18(24)26-16/h3-6,11,15-16,22H,7-10H2,1-2H3/t15-,16-/m0/s1. The van der Waals surface area contributed by atoms with Crippen molar-refractivity contribution in [2.75, 3.05) is 18.5 Å². The fourth-order valence-corrected chi connectivity index (χ4v) is 4.81. The Morgan fingerprint density at radius 3 is 2.62 bits per heavy atom. The SMILES string of the molecule is Cc1nnc2n1N[C@@H](c1ccc(Cl)cc1)[C@@H](C(=O)N1CCC(C)CC1)S2. The van der Waals surface area contributed by atoms with Crippen LogP contribution in [0.2, 0.25) is 5.02 Å². The van der Waals surface area contributed by atoms with E-state index in [0.717, 1.165) is 42.5 Å². The maximum atomic E-state index is 13.3. The van der Waals surface area contributed by atoms with E-state index in [2.05, 4.69) is 22.5 Å². The Morgan fingerprint density at radius 1 is 1.23 bits per heavy atom. The Hall–Kier alpha value is -1.73. The number of rotatable bonds is 2. The van der Waals surface area contributed by atoms with Gasteiger partial charge in [0.15, 0.2) is 0 Å². The van der Waals surface area contributed by atoms with E-state index in [0.29, 0.717) is 10.9 Å². The van der Waals surface area contributed by atoms with Crippen LogP contribution in [0.5, 0.6) is 0 Å². The number of benzene rings is 1. The second-order valence-electron chi connectivity index (χ2n) is 7.07. The van der Waals surface area contributed by atoms with Crippen molar-refractivity contribution in [1.82, 2.24) is 19.8 Å². The fraction of sp³-hybridized carbons (Fsp3) is 0.500. The molecular weight excluding hydrogens is 370 g/mol. The van der Waals surface area contributed by atoms with Crippen molar-refractivity contribution >= 4 is 29.3 Å². The maximum absolute atomic E-state index is 13.3. The highest BCUT2D eigenvalue weighted by atomic mass is 35.5. The molecule has 0 aliphatic carbocycles. The van der Waals surface area contributed by atoms with E-state index >= 15 is 0 Å². The Labute approximate surface area is 162 Å². The number of nitrogens with zero attached hydrogens (tertiary/aromatic N) is 4. The number of hydrogen-bond acceptors (Lipinski definition) is 5. The summed E-state index contributed by atoms with van der Waals surface area (Å²) >= 11 is 7.54. The highest BCUT2D eigenvalue weighted by molar-refractivity contribution is 8.00. The molecule has 1 amide bonds. The Kier molecular flexibility index (Phi) is 4.84. The lowest BCUT2D eigenvalue weighted by Gasteiger charge is -2.38. The Bertz CT molecular complexity index is 800. The highest BCUT2D eigenvalue weighted by Gasteiger charge is 2.39. The zero-order valence-electron chi connectivity index (χ0n) is 14.9. The lowest BCUT2D eigenvalue weighted by Crippen LogP contribution is -2.48. The number of carbonyl (C=O) groups is 1. The number of halogens is 1. The average Bonchev–Trinajstić information content (AvgIpc) is 3.02. The van der Waals surface area contributed by atoms with Crippen molar-refractivity contribution in [2.45, 2.75) is 43.1 Å². The summed E-state index contributed by atoms with van der Waals surface area (Å²) in [5.41, 5.74) is 4.47. The number of amides is 1. The average molecular weight is 392 g/mol. The Morgan fingerprint density at radius 2 is 1.92 bits per heavy atom. The van der Waals surface area contributed by atoms with Gasteiger partial charge in [-0.1, -0.05) is 42.4 Å². The predicted molar refractivity (Wildman–Crippen MR) is 103 cm³/mol. The van der Waals surface area contributed by atoms with E-state index in [1.165, 1.54) is 11.8 Å². The first-order valence-electron chi connectivity index (χ1n) is 8.92. The number of aryl methyl sites for hydroxylation is 1. The monoisotopic (exact) mass is 391 g/mol. The molecule has 2 aliphatic rings. The van der Waals surface area contributed by atoms with Gasteiger partial charge in [-0.3, -0.25) is 4.79 Å². The van der Waals surface area contributed by atoms with Crippen LogP contribution < -0.4 is 5.43 Å². The number of thioether (sulfide) groups is 1. The van der Waals surface area contributed by atoms with Crippen LogP contribution in [0.3, 0.4) is 0 Å². The number of likely N-dealkylation sites (tertiary alicyclic amines) is 1. The number of piperidine rings is 1. The van der Waals surface area contributed by atoms with Gasteiger partial charge in [0.25, 0.3) is 0 Å². The van der Waals surface area contributed by atoms with Gasteiger partial charge in [0, 0.05) is 18.1 Å². The van der Waals surface area contributed by atoms with Gasteiger partial charge < -0.3 is 10.3 Å². The summed E-state index contributed by atoms with van der Waals surface area (Å²) in [6.07, 6.45) is 2.13. The van der Waals surface area contributed by atoms with Gasteiger partial charge in [-0.05, 0) is 43.4 Å². The molecule has 1 aromatic heterocycles. The molecule has 0 radical (unpaired) electrons. The molecule has 3 heterocycles. The molecule has 138 valence electrons. The second-order valence-corrected chi connectivity index (χ2v) is 8.61. The van der Waals surface area contributed by atoms with Gasteiger partial charge in [0.2, 0.25) is 11.1 Å². The molecular formula is C18H22ClN5OS. The van der Waals surface area contributed by atoms with E-state index in [9.17, 15) is 4.79 Å². The van der Waals surface area contributed by atoms with Crippen LogP contribution in [0.15, 0.2) is 29.4 Å². The van der Waals surface area contributed by atoms with Crippen molar-refractivity contribution in [2.24, 2.45) is 5.92 Å². The smallest absolute Gasteiger partial charge is 0.238 e. The van der Waals surface area contributed by atoms with Crippen LogP contribution in [-0.2, 0) is 4.79 Å². The van der Waals surface area contributed by atoms with Crippen molar-refractivity contribution in [3.8, 4) is 0 Å². The summed E-state index contributed by atoms with van der Waals surface area (Å²) in [4.78, 5) is 15.3. The van der Waals surface area contributed by atoms with Gasteiger partial charge >= 0.3 is 0 Å². The zero-order valence-corrected chi connectivity index (χ0v) is 16.4. The van der Waals surface area contributed by atoms with Gasteiger partial charge in [0.1, 0.15) is 11.1 Å². The molecule has 1 N–H and O–H groups in total. The number of aromatic nitrogens is 3. The van der Waals surface area contributed by atoms with Crippen LogP contribution in [0, 0.1) is 12.8 Å². The Balaban J connectivity index is 1.65. The minimum Gasteiger partial charge on any atom is -0.342 e. The number of hydrogen-bond donors (Lipinski definition) is 1. The maximum Gasteiger partial charge on any atom is 0.238 e. The molecule has 1 aromatic carbocycles. The van der Waals surface area contributed by atoms with Crippen molar-refractivity contribution < 1.29 is 4.79 Å². The third kappa shape index (κ3) is 3.30. The number of fused-ring (bicyclic) bond motifs is 1. The minimum absolute atomic E-state index is 0.161. The first kappa shape index (κ1) is 17.7. The van der Waals surface area contributed by atoms with Gasteiger partial charge in [0.05, 0.1) is 6.04 Å². The van der Waals surface area contributed by atoms with E-state index in [1.54, 1.807) is 0 Å². The second kappa shape index (κ2) is 7.12. The van der Waals surface area contributed by atoms with Crippen LogP contribution in [-0.4, -0.2) is 44.0 Å². The van der Waals surface area contributed by atoms with E-state index in [-0.39, 0.29) is 17.2 Å². The largest absolute Gasteiger partial charge is 0.342 e. The lowest BCUT2D eigenvalue weighted by molar-refractivity contribution is -0.132. The zero-order chi connectivity index (χ0) is 18.3. The van der Waals surface area contributed by atoms with Gasteiger partial charge in [-0.25, -0.2) is 4.68 Å². The number of carbonyl (C=O) groups excluding carboxylic acids is 1. The molecule has 0 bridgehead atoms. The predicted octanol–water partition coefficient (Wildman–Crippen LogP) is 3.26. The third-order valence-corrected chi connectivity index (χ3v) is 6.62. The molecule has 4 rings (SSSR count). The van der Waals surface area contributed by atoms with Crippen molar-refractivity contribution in [1.29, 1.82) is 0 Å². The van der Waals surface area contributed by atoms with Crippen LogP contribution in [0.4, 0.5) is 0 Å². The molecule has 0 saturated carbocycles. The summed E-state index contributed by atoms with van der Waals surface area (Å²) < 4.78 is 1.87. The topological polar surface area (TPSA) is 63.1 Å². The van der Waals surface area contributed by atoms with Gasteiger partial charge in [-0.2, -0.15) is 0 Å². The molecule has 0 spiro atoms. The number of nitrogens with one attached hydrogen (secondary N) is 1. The summed E-state index contributed by atoms with van der Waals surface area (Å²) in [6.45, 7) is 5.81. The summed E-state index contributed by atoms with van der Waals surface area (Å²) in [5.74, 6) is 1.64. The lowest BCUT2D eigenvalue weighted by atomic mass is 9.97. The van der Waals surface area contributed by atoms with Gasteiger partial charge in [-0.15, -0.1) is 10.2 Å². The minimum atomic E-state index is -0.277. The summed E-state index contributed by atoms with van der Waals surface area (Å²) in [7, 11) is 0. The molecule has 1 fully saturated rings. The molecule has 26 heavy (non-hydrogen) atoms. The molecule has 8 heteroatoms. The third-order valence-electron chi connectivity index (χ3n) is 5.17.